The van der Waals surface area contributed by atoms with E-state index in [2.05, 4.69) is 15.0 Å². The highest BCUT2D eigenvalue weighted by Crippen LogP contribution is 2.18. The van der Waals surface area contributed by atoms with E-state index in [1.54, 1.807) is 12.1 Å². The molecule has 0 bridgehead atoms. The normalized spacial score (nSPS) is 9.85. The molecule has 1 aromatic heterocycles. The predicted molar refractivity (Wildman–Crippen MR) is 74.0 cm³/mol. The third-order valence-electron chi connectivity index (χ3n) is 2.25. The maximum Gasteiger partial charge on any atom is 0.349 e. The first-order valence-electron chi connectivity index (χ1n) is 5.71. The topological polar surface area (TPSA) is 77.5 Å². The number of anilines is 1. The van der Waals surface area contributed by atoms with Crippen LogP contribution in [-0.4, -0.2) is 30.6 Å². The molecule has 2 rings (SSSR count). The van der Waals surface area contributed by atoms with Crippen LogP contribution in [0.25, 0.3) is 0 Å². The number of aromatic nitrogens is 1. The molecule has 0 unspecified atom stereocenters. The molecule has 0 fully saturated rings. The van der Waals surface area contributed by atoms with E-state index in [4.69, 9.17) is 4.74 Å². The summed E-state index contributed by atoms with van der Waals surface area (Å²) in [7, 11) is 1.29. The summed E-state index contributed by atoms with van der Waals surface area (Å²) in [6, 6.07) is 9.00. The van der Waals surface area contributed by atoms with Crippen molar-refractivity contribution in [2.24, 2.45) is 0 Å². The van der Waals surface area contributed by atoms with Crippen molar-refractivity contribution in [1.82, 2.24) is 4.98 Å². The molecule has 2 aromatic rings. The van der Waals surface area contributed by atoms with Crippen molar-refractivity contribution in [2.45, 2.75) is 0 Å². The van der Waals surface area contributed by atoms with Gasteiger partial charge in [-0.3, -0.25) is 10.1 Å². The quantitative estimate of drug-likeness (QED) is 0.852. The lowest BCUT2D eigenvalue weighted by Gasteiger charge is -2.04. The highest BCUT2D eigenvalue weighted by atomic mass is 32.1. The van der Waals surface area contributed by atoms with E-state index in [1.807, 2.05) is 18.2 Å². The standard InChI is InChI=1S/C13H12N2O4S/c1-18-12(17)10-7-14-13(20-10)15-11(16)8-19-9-5-3-2-4-6-9/h2-7H,8H2,1H3,(H,14,15,16). The molecule has 1 heterocycles. The summed E-state index contributed by atoms with van der Waals surface area (Å²) >= 11 is 1.04. The predicted octanol–water partition coefficient (Wildman–Crippen LogP) is 1.95. The molecule has 1 aromatic carbocycles. The second-order valence-electron chi connectivity index (χ2n) is 3.67. The molecule has 7 heteroatoms. The number of carbonyl (C=O) groups excluding carboxylic acids is 2. The van der Waals surface area contributed by atoms with Gasteiger partial charge in [0.05, 0.1) is 13.3 Å². The zero-order valence-electron chi connectivity index (χ0n) is 10.7. The average molecular weight is 292 g/mol. The molecule has 104 valence electrons. The molecule has 20 heavy (non-hydrogen) atoms. The molecule has 0 aliphatic carbocycles. The van der Waals surface area contributed by atoms with E-state index in [9.17, 15) is 9.59 Å². The van der Waals surface area contributed by atoms with E-state index in [1.165, 1.54) is 13.3 Å². The van der Waals surface area contributed by atoms with E-state index in [-0.39, 0.29) is 12.5 Å². The van der Waals surface area contributed by atoms with Crippen molar-refractivity contribution in [2.75, 3.05) is 19.0 Å². The molecule has 0 atom stereocenters. The van der Waals surface area contributed by atoms with E-state index in [0.29, 0.717) is 15.8 Å². The van der Waals surface area contributed by atoms with Crippen LogP contribution in [0.2, 0.25) is 0 Å². The summed E-state index contributed by atoms with van der Waals surface area (Å²) < 4.78 is 9.84. The summed E-state index contributed by atoms with van der Waals surface area (Å²) in [6.07, 6.45) is 1.35. The number of hydrogen-bond donors (Lipinski definition) is 1. The van der Waals surface area contributed by atoms with Crippen LogP contribution < -0.4 is 10.1 Å². The van der Waals surface area contributed by atoms with Gasteiger partial charge in [0.1, 0.15) is 10.6 Å². The number of nitrogens with one attached hydrogen (secondary N) is 1. The second-order valence-corrected chi connectivity index (χ2v) is 4.70. The zero-order valence-corrected chi connectivity index (χ0v) is 11.5. The third kappa shape index (κ3) is 3.79. The van der Waals surface area contributed by atoms with Gasteiger partial charge >= 0.3 is 5.97 Å². The van der Waals surface area contributed by atoms with Gasteiger partial charge in [-0.05, 0) is 12.1 Å². The van der Waals surface area contributed by atoms with Crippen molar-refractivity contribution in [1.29, 1.82) is 0 Å². The monoisotopic (exact) mass is 292 g/mol. The molecule has 1 N–H and O–H groups in total. The number of carbonyl (C=O) groups is 2. The van der Waals surface area contributed by atoms with Crippen molar-refractivity contribution in [3.8, 4) is 5.75 Å². The summed E-state index contributed by atoms with van der Waals surface area (Å²) in [5.41, 5.74) is 0. The highest BCUT2D eigenvalue weighted by Gasteiger charge is 2.12. The molecule has 6 nitrogen and oxygen atoms in total. The molecule has 0 saturated carbocycles. The molecule has 0 spiro atoms. The van der Waals surface area contributed by atoms with Crippen LogP contribution in [0.15, 0.2) is 36.5 Å². The number of thiazole rings is 1. The van der Waals surface area contributed by atoms with Gasteiger partial charge in [-0.1, -0.05) is 29.5 Å². The number of rotatable bonds is 5. The first kappa shape index (κ1) is 14.0. The molecule has 0 aliphatic heterocycles. The van der Waals surface area contributed by atoms with Gasteiger partial charge in [0, 0.05) is 0 Å². The minimum Gasteiger partial charge on any atom is -0.484 e. The smallest absolute Gasteiger partial charge is 0.349 e. The lowest BCUT2D eigenvalue weighted by molar-refractivity contribution is -0.118. The highest BCUT2D eigenvalue weighted by molar-refractivity contribution is 7.17. The lowest BCUT2D eigenvalue weighted by Crippen LogP contribution is -2.19. The number of benzene rings is 1. The van der Waals surface area contributed by atoms with Gasteiger partial charge < -0.3 is 9.47 Å². The Morgan fingerprint density at radius 2 is 2.05 bits per heavy atom. The van der Waals surface area contributed by atoms with E-state index < -0.39 is 5.97 Å². The SMILES string of the molecule is COC(=O)c1cnc(NC(=O)COc2ccccc2)s1. The zero-order chi connectivity index (χ0) is 14.4. The maximum atomic E-state index is 11.6. The Kier molecular flexibility index (Phi) is 4.67. The van der Waals surface area contributed by atoms with Crippen molar-refractivity contribution >= 4 is 28.3 Å². The van der Waals surface area contributed by atoms with E-state index >= 15 is 0 Å². The summed E-state index contributed by atoms with van der Waals surface area (Å²) in [4.78, 5) is 27.1. The van der Waals surface area contributed by atoms with E-state index in [0.717, 1.165) is 11.3 Å². The first-order valence-corrected chi connectivity index (χ1v) is 6.52. The van der Waals surface area contributed by atoms with Crippen molar-refractivity contribution in [3.63, 3.8) is 0 Å². The average Bonchev–Trinajstić information content (AvgIpc) is 2.94. The molecule has 1 amide bonds. The number of nitrogens with zero attached hydrogens (tertiary/aromatic N) is 1. The summed E-state index contributed by atoms with van der Waals surface area (Å²) in [6.45, 7) is -0.128. The fraction of sp³-hybridized carbons (Fsp3) is 0.154. The van der Waals surface area contributed by atoms with Crippen LogP contribution in [0.1, 0.15) is 9.67 Å². The van der Waals surface area contributed by atoms with Crippen LogP contribution in [0.5, 0.6) is 5.75 Å². The molecule has 0 radical (unpaired) electrons. The van der Waals surface area contributed by atoms with Gasteiger partial charge in [-0.25, -0.2) is 9.78 Å². The van der Waals surface area contributed by atoms with Crippen LogP contribution >= 0.6 is 11.3 Å². The number of amides is 1. The third-order valence-corrected chi connectivity index (χ3v) is 3.14. The Morgan fingerprint density at radius 3 is 2.75 bits per heavy atom. The first-order chi connectivity index (χ1) is 9.69. The Morgan fingerprint density at radius 1 is 1.30 bits per heavy atom. The number of ether oxygens (including phenoxy) is 2. The number of methoxy groups -OCH3 is 1. The van der Waals surface area contributed by atoms with Gasteiger partial charge in [0.2, 0.25) is 0 Å². The van der Waals surface area contributed by atoms with Crippen LogP contribution in [-0.2, 0) is 9.53 Å². The van der Waals surface area contributed by atoms with Crippen molar-refractivity contribution < 1.29 is 19.1 Å². The minimum atomic E-state index is -0.483. The number of esters is 1. The van der Waals surface area contributed by atoms with Gasteiger partial charge in [-0.15, -0.1) is 0 Å². The largest absolute Gasteiger partial charge is 0.484 e. The van der Waals surface area contributed by atoms with Crippen LogP contribution in [0.3, 0.4) is 0 Å². The lowest BCUT2D eigenvalue weighted by atomic mass is 10.3. The minimum absolute atomic E-state index is 0.128. The van der Waals surface area contributed by atoms with Gasteiger partial charge in [-0.2, -0.15) is 0 Å². The maximum absolute atomic E-state index is 11.6. The Labute approximate surface area is 119 Å². The summed E-state index contributed by atoms with van der Waals surface area (Å²) in [5, 5.41) is 2.87. The summed E-state index contributed by atoms with van der Waals surface area (Å²) in [5.74, 6) is -0.222. The fourth-order valence-electron chi connectivity index (χ4n) is 1.35. The van der Waals surface area contributed by atoms with Gasteiger partial charge in [0.25, 0.3) is 5.91 Å². The molecule has 0 saturated heterocycles. The van der Waals surface area contributed by atoms with Crippen molar-refractivity contribution in [3.05, 3.63) is 41.4 Å². The second kappa shape index (κ2) is 6.67. The molecular formula is C13H12N2O4S. The Bertz CT molecular complexity index is 597. The van der Waals surface area contributed by atoms with Gasteiger partial charge in [0.15, 0.2) is 11.7 Å². The molecular weight excluding hydrogens is 280 g/mol. The number of hydrogen-bond acceptors (Lipinski definition) is 6. The Balaban J connectivity index is 1.85. The van der Waals surface area contributed by atoms with Crippen LogP contribution in [0.4, 0.5) is 5.13 Å². The molecule has 0 aliphatic rings. The fourth-order valence-corrected chi connectivity index (χ4v) is 2.10. The Hall–Kier alpha value is -2.41. The van der Waals surface area contributed by atoms with Crippen LogP contribution in [0, 0.1) is 0 Å². The number of para-hydroxylation sites is 1.